The van der Waals surface area contributed by atoms with E-state index in [-0.39, 0.29) is 18.6 Å². The number of carbonyl (C=O) groups excluding carboxylic acids is 1. The fourth-order valence-corrected chi connectivity index (χ4v) is 3.15. The van der Waals surface area contributed by atoms with Crippen molar-refractivity contribution in [1.29, 1.82) is 0 Å². The molecule has 140 valence electrons. The van der Waals surface area contributed by atoms with E-state index in [9.17, 15) is 4.79 Å². The van der Waals surface area contributed by atoms with Gasteiger partial charge in [0.1, 0.15) is 12.4 Å². The standard InChI is InChI=1S/C18H25N5O3/c1-22(2)15-9-8-13(11-19-15)18(24)23-10-6-4-5-7-14(23)17-20-16(12-25-3)26-21-17/h8-9,11,14H,4-7,10,12H2,1-3H3/t14-/m0/s1. The van der Waals surface area contributed by atoms with Crippen molar-refractivity contribution >= 4 is 11.7 Å². The lowest BCUT2D eigenvalue weighted by molar-refractivity contribution is 0.0670. The van der Waals surface area contributed by atoms with E-state index in [0.717, 1.165) is 31.5 Å². The van der Waals surface area contributed by atoms with E-state index in [4.69, 9.17) is 9.26 Å². The number of pyridine rings is 1. The lowest BCUT2D eigenvalue weighted by Crippen LogP contribution is -2.35. The SMILES string of the molecule is COCc1nc([C@@H]2CCCCCN2C(=O)c2ccc(N(C)C)nc2)no1. The molecule has 0 aromatic carbocycles. The van der Waals surface area contributed by atoms with E-state index in [0.29, 0.717) is 23.8 Å². The van der Waals surface area contributed by atoms with Crippen molar-refractivity contribution in [2.45, 2.75) is 38.3 Å². The summed E-state index contributed by atoms with van der Waals surface area (Å²) >= 11 is 0. The molecule has 1 fully saturated rings. The molecule has 3 heterocycles. The van der Waals surface area contributed by atoms with Crippen LogP contribution in [0, 0.1) is 0 Å². The first-order valence-electron chi connectivity index (χ1n) is 8.86. The summed E-state index contributed by atoms with van der Waals surface area (Å²) in [6.07, 6.45) is 5.53. The van der Waals surface area contributed by atoms with Gasteiger partial charge in [0.25, 0.3) is 11.8 Å². The molecule has 0 bridgehead atoms. The average Bonchev–Trinajstić information content (AvgIpc) is 2.97. The van der Waals surface area contributed by atoms with Crippen LogP contribution in [0.1, 0.15) is 53.8 Å². The van der Waals surface area contributed by atoms with E-state index >= 15 is 0 Å². The molecule has 0 unspecified atom stereocenters. The zero-order valence-corrected chi connectivity index (χ0v) is 15.5. The second-order valence-corrected chi connectivity index (χ2v) is 6.64. The Morgan fingerprint density at radius 2 is 2.19 bits per heavy atom. The van der Waals surface area contributed by atoms with Gasteiger partial charge >= 0.3 is 0 Å². The molecule has 2 aromatic rings. The maximum absolute atomic E-state index is 13.1. The highest BCUT2D eigenvalue weighted by Gasteiger charge is 2.31. The first kappa shape index (κ1) is 18.3. The lowest BCUT2D eigenvalue weighted by Gasteiger charge is -2.28. The monoisotopic (exact) mass is 359 g/mol. The number of anilines is 1. The summed E-state index contributed by atoms with van der Waals surface area (Å²) in [5, 5.41) is 4.08. The van der Waals surface area contributed by atoms with E-state index < -0.39 is 0 Å². The molecule has 0 radical (unpaired) electrons. The molecule has 3 rings (SSSR count). The van der Waals surface area contributed by atoms with Crippen molar-refractivity contribution < 1.29 is 14.1 Å². The summed E-state index contributed by atoms with van der Waals surface area (Å²) in [7, 11) is 5.42. The number of ether oxygens (including phenoxy) is 1. The largest absolute Gasteiger partial charge is 0.375 e. The quantitative estimate of drug-likeness (QED) is 0.810. The van der Waals surface area contributed by atoms with E-state index in [1.54, 1.807) is 13.3 Å². The average molecular weight is 359 g/mol. The highest BCUT2D eigenvalue weighted by Crippen LogP contribution is 2.30. The van der Waals surface area contributed by atoms with E-state index in [2.05, 4.69) is 15.1 Å². The van der Waals surface area contributed by atoms with Crippen LogP contribution in [0.25, 0.3) is 0 Å². The third kappa shape index (κ3) is 4.01. The van der Waals surface area contributed by atoms with Gasteiger partial charge in [0.2, 0.25) is 0 Å². The molecular formula is C18H25N5O3. The minimum absolute atomic E-state index is 0.0483. The van der Waals surface area contributed by atoms with Crippen molar-refractivity contribution in [2.75, 3.05) is 32.6 Å². The fraction of sp³-hybridized carbons (Fsp3) is 0.556. The molecule has 2 aromatic heterocycles. The Kier molecular flexibility index (Phi) is 5.82. The summed E-state index contributed by atoms with van der Waals surface area (Å²) < 4.78 is 10.3. The highest BCUT2D eigenvalue weighted by atomic mass is 16.5. The molecule has 1 atom stereocenters. The van der Waals surface area contributed by atoms with Crippen LogP contribution >= 0.6 is 0 Å². The fourth-order valence-electron chi connectivity index (χ4n) is 3.15. The zero-order valence-electron chi connectivity index (χ0n) is 15.5. The van der Waals surface area contributed by atoms with Gasteiger partial charge in [-0.25, -0.2) is 4.98 Å². The van der Waals surface area contributed by atoms with Crippen LogP contribution in [0.3, 0.4) is 0 Å². The number of aromatic nitrogens is 3. The predicted molar refractivity (Wildman–Crippen MR) is 95.8 cm³/mol. The minimum Gasteiger partial charge on any atom is -0.375 e. The Labute approximate surface area is 153 Å². The van der Waals surface area contributed by atoms with Gasteiger partial charge in [-0.3, -0.25) is 4.79 Å². The Bertz CT molecular complexity index is 729. The number of carbonyl (C=O) groups is 1. The molecule has 0 saturated carbocycles. The van der Waals surface area contributed by atoms with Crippen LogP contribution < -0.4 is 4.90 Å². The van der Waals surface area contributed by atoms with Crippen molar-refractivity contribution in [3.8, 4) is 0 Å². The van der Waals surface area contributed by atoms with Crippen molar-refractivity contribution in [3.63, 3.8) is 0 Å². The van der Waals surface area contributed by atoms with Crippen molar-refractivity contribution in [2.24, 2.45) is 0 Å². The molecule has 0 aliphatic carbocycles. The third-order valence-electron chi connectivity index (χ3n) is 4.52. The van der Waals surface area contributed by atoms with Crippen LogP contribution in [0.4, 0.5) is 5.82 Å². The summed E-state index contributed by atoms with van der Waals surface area (Å²) in [5.74, 6) is 1.74. The summed E-state index contributed by atoms with van der Waals surface area (Å²) in [6, 6.07) is 3.48. The van der Waals surface area contributed by atoms with Crippen molar-refractivity contribution in [3.05, 3.63) is 35.6 Å². The number of hydrogen-bond donors (Lipinski definition) is 0. The van der Waals surface area contributed by atoms with E-state index in [1.807, 2.05) is 36.0 Å². The maximum Gasteiger partial charge on any atom is 0.256 e. The van der Waals surface area contributed by atoms with Crippen LogP contribution in [0.5, 0.6) is 0 Å². The Morgan fingerprint density at radius 1 is 1.35 bits per heavy atom. The van der Waals surface area contributed by atoms with Gasteiger partial charge in [0.15, 0.2) is 5.82 Å². The number of amides is 1. The number of hydrogen-bond acceptors (Lipinski definition) is 7. The van der Waals surface area contributed by atoms with Gasteiger partial charge in [0.05, 0.1) is 11.6 Å². The molecule has 8 heteroatoms. The molecule has 8 nitrogen and oxygen atoms in total. The van der Waals surface area contributed by atoms with Crippen LogP contribution in [-0.4, -0.2) is 53.7 Å². The topological polar surface area (TPSA) is 84.6 Å². The Hall–Kier alpha value is -2.48. The van der Waals surface area contributed by atoms with Crippen molar-refractivity contribution in [1.82, 2.24) is 20.0 Å². The number of methoxy groups -OCH3 is 1. The highest BCUT2D eigenvalue weighted by molar-refractivity contribution is 5.94. The Morgan fingerprint density at radius 3 is 2.88 bits per heavy atom. The molecule has 26 heavy (non-hydrogen) atoms. The summed E-state index contributed by atoms with van der Waals surface area (Å²) in [5.41, 5.74) is 0.572. The first-order valence-corrected chi connectivity index (χ1v) is 8.86. The van der Waals surface area contributed by atoms with Crippen LogP contribution in [0.15, 0.2) is 22.9 Å². The summed E-state index contributed by atoms with van der Waals surface area (Å²) in [4.78, 5) is 25.6. The molecule has 1 aliphatic rings. The second kappa shape index (κ2) is 8.27. The molecule has 1 aliphatic heterocycles. The molecule has 0 N–H and O–H groups in total. The second-order valence-electron chi connectivity index (χ2n) is 6.64. The molecular weight excluding hydrogens is 334 g/mol. The zero-order chi connectivity index (χ0) is 18.5. The smallest absolute Gasteiger partial charge is 0.256 e. The predicted octanol–water partition coefficient (Wildman–Crippen LogP) is 2.43. The molecule has 1 amide bonds. The van der Waals surface area contributed by atoms with E-state index in [1.165, 1.54) is 0 Å². The first-order chi connectivity index (χ1) is 12.6. The minimum atomic E-state index is -0.187. The van der Waals surface area contributed by atoms with Gasteiger partial charge in [-0.2, -0.15) is 4.98 Å². The summed E-state index contributed by atoms with van der Waals surface area (Å²) in [6.45, 7) is 0.941. The Balaban J connectivity index is 1.84. The maximum atomic E-state index is 13.1. The van der Waals surface area contributed by atoms with Crippen LogP contribution in [0.2, 0.25) is 0 Å². The number of rotatable bonds is 5. The van der Waals surface area contributed by atoms with Gasteiger partial charge in [-0.1, -0.05) is 18.0 Å². The molecule has 1 saturated heterocycles. The van der Waals surface area contributed by atoms with Crippen LogP contribution in [-0.2, 0) is 11.3 Å². The van der Waals surface area contributed by atoms with Gasteiger partial charge in [-0.05, 0) is 25.0 Å². The third-order valence-corrected chi connectivity index (χ3v) is 4.52. The normalized spacial score (nSPS) is 17.8. The van der Waals surface area contributed by atoms with Gasteiger partial charge < -0.3 is 19.1 Å². The number of likely N-dealkylation sites (tertiary alicyclic amines) is 1. The number of nitrogens with zero attached hydrogens (tertiary/aromatic N) is 5. The lowest BCUT2D eigenvalue weighted by atomic mass is 10.1. The van der Waals surface area contributed by atoms with Gasteiger partial charge in [-0.15, -0.1) is 0 Å². The molecule has 0 spiro atoms. The van der Waals surface area contributed by atoms with Gasteiger partial charge in [0, 0.05) is 33.9 Å².